The van der Waals surface area contributed by atoms with Gasteiger partial charge in [-0.15, -0.1) is 0 Å². The van der Waals surface area contributed by atoms with Crippen LogP contribution in [0.25, 0.3) is 0 Å². The lowest BCUT2D eigenvalue weighted by Crippen LogP contribution is -2.42. The Hall–Kier alpha value is -3.03. The number of rotatable bonds is 9. The van der Waals surface area contributed by atoms with Crippen LogP contribution in [0.4, 0.5) is 5.69 Å². The van der Waals surface area contributed by atoms with E-state index in [1.807, 2.05) is 32.0 Å². The number of benzene rings is 3. The SMILES string of the molecule is Cc1ccc(OCCNC(=O)CN(c2cccc(Cl)c2C)S(=O)(=O)c2ccccc2)cc1C. The smallest absolute Gasteiger partial charge is 0.264 e. The van der Waals surface area contributed by atoms with Crippen LogP contribution in [0.15, 0.2) is 71.6 Å². The van der Waals surface area contributed by atoms with Gasteiger partial charge >= 0.3 is 0 Å². The van der Waals surface area contributed by atoms with E-state index < -0.39 is 15.9 Å². The molecule has 1 N–H and O–H groups in total. The molecule has 6 nitrogen and oxygen atoms in total. The standard InChI is InChI=1S/C25H27ClN2O4S/c1-18-12-13-21(16-19(18)2)32-15-14-27-25(29)17-28(24-11-7-10-23(26)20(24)3)33(30,31)22-8-5-4-6-9-22/h4-13,16H,14-15,17H2,1-3H3,(H,27,29). The van der Waals surface area contributed by atoms with E-state index >= 15 is 0 Å². The van der Waals surface area contributed by atoms with Gasteiger partial charge in [0.15, 0.2) is 0 Å². The van der Waals surface area contributed by atoms with Gasteiger partial charge < -0.3 is 10.1 Å². The van der Waals surface area contributed by atoms with Gasteiger partial charge in [0.05, 0.1) is 17.1 Å². The first-order valence-electron chi connectivity index (χ1n) is 10.5. The zero-order valence-corrected chi connectivity index (χ0v) is 20.4. The van der Waals surface area contributed by atoms with E-state index in [0.717, 1.165) is 15.6 Å². The van der Waals surface area contributed by atoms with E-state index in [4.69, 9.17) is 16.3 Å². The van der Waals surface area contributed by atoms with Crippen molar-refractivity contribution in [2.24, 2.45) is 0 Å². The van der Waals surface area contributed by atoms with Crippen LogP contribution in [-0.2, 0) is 14.8 Å². The molecule has 0 aromatic heterocycles. The molecule has 33 heavy (non-hydrogen) atoms. The predicted octanol–water partition coefficient (Wildman–Crippen LogP) is 4.66. The lowest BCUT2D eigenvalue weighted by Gasteiger charge is -2.26. The molecule has 3 aromatic rings. The number of halogens is 1. The summed E-state index contributed by atoms with van der Waals surface area (Å²) >= 11 is 6.23. The maximum absolute atomic E-state index is 13.4. The predicted molar refractivity (Wildman–Crippen MR) is 132 cm³/mol. The molecule has 0 atom stereocenters. The molecular formula is C25H27ClN2O4S. The van der Waals surface area contributed by atoms with Gasteiger partial charge in [0, 0.05) is 5.02 Å². The first kappa shape index (κ1) is 24.6. The van der Waals surface area contributed by atoms with E-state index in [0.29, 0.717) is 16.3 Å². The summed E-state index contributed by atoms with van der Waals surface area (Å²) in [5.74, 6) is 0.271. The number of nitrogens with one attached hydrogen (secondary N) is 1. The molecule has 8 heteroatoms. The number of nitrogens with zero attached hydrogens (tertiary/aromatic N) is 1. The highest BCUT2D eigenvalue weighted by Gasteiger charge is 2.28. The normalized spacial score (nSPS) is 11.2. The Morgan fingerprint density at radius 1 is 0.970 bits per heavy atom. The van der Waals surface area contributed by atoms with E-state index in [2.05, 4.69) is 5.32 Å². The third-order valence-corrected chi connectivity index (χ3v) is 7.48. The number of ether oxygens (including phenoxy) is 1. The van der Waals surface area contributed by atoms with Crippen molar-refractivity contribution in [1.29, 1.82) is 0 Å². The molecule has 0 bridgehead atoms. The number of hydrogen-bond donors (Lipinski definition) is 1. The summed E-state index contributed by atoms with van der Waals surface area (Å²) in [6.45, 7) is 5.86. The number of sulfonamides is 1. The molecule has 0 saturated carbocycles. The number of carbonyl (C=O) groups excluding carboxylic acids is 1. The third-order valence-electron chi connectivity index (χ3n) is 5.30. The van der Waals surface area contributed by atoms with Crippen LogP contribution in [0.1, 0.15) is 16.7 Å². The molecule has 0 heterocycles. The fourth-order valence-corrected chi connectivity index (χ4v) is 4.90. The maximum atomic E-state index is 13.4. The van der Waals surface area contributed by atoms with Crippen molar-refractivity contribution < 1.29 is 17.9 Å². The summed E-state index contributed by atoms with van der Waals surface area (Å²) in [6.07, 6.45) is 0. The highest BCUT2D eigenvalue weighted by atomic mass is 35.5. The van der Waals surface area contributed by atoms with Gasteiger partial charge in [-0.2, -0.15) is 0 Å². The topological polar surface area (TPSA) is 75.7 Å². The summed E-state index contributed by atoms with van der Waals surface area (Å²) in [5.41, 5.74) is 3.22. The summed E-state index contributed by atoms with van der Waals surface area (Å²) in [5, 5.41) is 3.15. The molecular weight excluding hydrogens is 460 g/mol. The van der Waals surface area contributed by atoms with Crippen LogP contribution in [0, 0.1) is 20.8 Å². The molecule has 0 spiro atoms. The summed E-state index contributed by atoms with van der Waals surface area (Å²) in [4.78, 5) is 12.8. The highest BCUT2D eigenvalue weighted by molar-refractivity contribution is 7.92. The molecule has 3 rings (SSSR count). The third kappa shape index (κ3) is 6.06. The number of amides is 1. The maximum Gasteiger partial charge on any atom is 0.264 e. The number of carbonyl (C=O) groups is 1. The van der Waals surface area contributed by atoms with Crippen molar-refractivity contribution in [1.82, 2.24) is 5.32 Å². The van der Waals surface area contributed by atoms with Crippen LogP contribution in [0.3, 0.4) is 0 Å². The molecule has 0 saturated heterocycles. The summed E-state index contributed by atoms with van der Waals surface area (Å²) in [7, 11) is -3.99. The van der Waals surface area contributed by atoms with E-state index in [1.54, 1.807) is 43.3 Å². The number of hydrogen-bond acceptors (Lipinski definition) is 4. The average molecular weight is 487 g/mol. The Balaban J connectivity index is 1.72. The molecule has 0 fully saturated rings. The summed E-state index contributed by atoms with van der Waals surface area (Å²) < 4.78 is 33.5. The van der Waals surface area contributed by atoms with Crippen molar-refractivity contribution in [3.8, 4) is 5.75 Å². The molecule has 3 aromatic carbocycles. The van der Waals surface area contributed by atoms with Gasteiger partial charge in [0.1, 0.15) is 18.9 Å². The lowest BCUT2D eigenvalue weighted by molar-refractivity contribution is -0.119. The zero-order valence-electron chi connectivity index (χ0n) is 18.8. The molecule has 0 radical (unpaired) electrons. The van der Waals surface area contributed by atoms with Crippen LogP contribution in [-0.4, -0.2) is 34.0 Å². The van der Waals surface area contributed by atoms with Crippen LogP contribution >= 0.6 is 11.6 Å². The Bertz CT molecular complexity index is 1230. The highest BCUT2D eigenvalue weighted by Crippen LogP contribution is 2.30. The monoisotopic (exact) mass is 486 g/mol. The van der Waals surface area contributed by atoms with Crippen molar-refractivity contribution in [3.05, 3.63) is 88.4 Å². The van der Waals surface area contributed by atoms with Gasteiger partial charge in [0.25, 0.3) is 10.0 Å². The minimum Gasteiger partial charge on any atom is -0.492 e. The van der Waals surface area contributed by atoms with Crippen LogP contribution in [0.2, 0.25) is 5.02 Å². The van der Waals surface area contributed by atoms with Crippen molar-refractivity contribution in [2.45, 2.75) is 25.7 Å². The van der Waals surface area contributed by atoms with E-state index in [9.17, 15) is 13.2 Å². The lowest BCUT2D eigenvalue weighted by atomic mass is 10.1. The van der Waals surface area contributed by atoms with Gasteiger partial charge in [-0.1, -0.05) is 41.9 Å². The summed E-state index contributed by atoms with van der Waals surface area (Å²) in [6, 6.07) is 18.8. The van der Waals surface area contributed by atoms with E-state index in [-0.39, 0.29) is 24.6 Å². The first-order valence-corrected chi connectivity index (χ1v) is 12.3. The van der Waals surface area contributed by atoms with Crippen LogP contribution < -0.4 is 14.4 Å². The van der Waals surface area contributed by atoms with Gasteiger partial charge in [0.2, 0.25) is 5.91 Å². The van der Waals surface area contributed by atoms with Crippen LogP contribution in [0.5, 0.6) is 5.75 Å². The Kier molecular flexibility index (Phi) is 8.00. The quantitative estimate of drug-likeness (QED) is 0.446. The Morgan fingerprint density at radius 2 is 1.70 bits per heavy atom. The van der Waals surface area contributed by atoms with Gasteiger partial charge in [-0.25, -0.2) is 8.42 Å². The first-order chi connectivity index (χ1) is 15.7. The average Bonchev–Trinajstić information content (AvgIpc) is 2.80. The minimum atomic E-state index is -3.99. The Labute approximate surface area is 200 Å². The number of anilines is 1. The second kappa shape index (κ2) is 10.7. The largest absolute Gasteiger partial charge is 0.492 e. The van der Waals surface area contributed by atoms with E-state index in [1.165, 1.54) is 17.7 Å². The second-order valence-corrected chi connectivity index (χ2v) is 9.92. The molecule has 174 valence electrons. The molecule has 0 aliphatic rings. The van der Waals surface area contributed by atoms with Gasteiger partial charge in [-0.3, -0.25) is 9.10 Å². The van der Waals surface area contributed by atoms with Crippen molar-refractivity contribution >= 4 is 33.2 Å². The second-order valence-electron chi connectivity index (χ2n) is 7.65. The van der Waals surface area contributed by atoms with Gasteiger partial charge in [-0.05, 0) is 73.9 Å². The fraction of sp³-hybridized carbons (Fsp3) is 0.240. The Morgan fingerprint density at radius 3 is 2.39 bits per heavy atom. The van der Waals surface area contributed by atoms with Crippen molar-refractivity contribution in [3.63, 3.8) is 0 Å². The minimum absolute atomic E-state index is 0.0928. The molecule has 0 aliphatic carbocycles. The zero-order chi connectivity index (χ0) is 24.0. The number of aryl methyl sites for hydroxylation is 2. The molecule has 0 aliphatic heterocycles. The van der Waals surface area contributed by atoms with Crippen molar-refractivity contribution in [2.75, 3.05) is 24.0 Å². The fourth-order valence-electron chi connectivity index (χ4n) is 3.23. The molecule has 0 unspecified atom stereocenters. The molecule has 1 amide bonds.